The van der Waals surface area contributed by atoms with Crippen LogP contribution in [0.2, 0.25) is 0 Å². The van der Waals surface area contributed by atoms with Crippen LogP contribution in [0.1, 0.15) is 6.92 Å². The zero-order chi connectivity index (χ0) is 13.0. The number of amides is 1. The van der Waals surface area contributed by atoms with Crippen LogP contribution in [0, 0.1) is 0 Å². The molecule has 94 valence electrons. The summed E-state index contributed by atoms with van der Waals surface area (Å²) in [7, 11) is 1.60. The molecule has 2 aromatic rings. The number of ether oxygens (including phenoxy) is 2. The summed E-state index contributed by atoms with van der Waals surface area (Å²) in [6.45, 7) is 1.41. The average molecular weight is 247 g/mol. The quantitative estimate of drug-likeness (QED) is 0.868. The first-order valence-electron chi connectivity index (χ1n) is 5.32. The zero-order valence-electron chi connectivity index (χ0n) is 10.1. The van der Waals surface area contributed by atoms with Crippen molar-refractivity contribution < 1.29 is 14.3 Å². The van der Waals surface area contributed by atoms with Gasteiger partial charge >= 0.3 is 0 Å². The second kappa shape index (κ2) is 5.22. The van der Waals surface area contributed by atoms with Crippen LogP contribution in [0.25, 0.3) is 0 Å². The normalized spacial score (nSPS) is 9.89. The first kappa shape index (κ1) is 12.0. The molecule has 0 atom stereocenters. The molecule has 2 N–H and O–H groups in total. The molecule has 0 aliphatic rings. The fraction of sp³-hybridized carbons (Fsp3) is 0.167. The number of carbonyl (C=O) groups excluding carboxylic acids is 1. The summed E-state index contributed by atoms with van der Waals surface area (Å²) in [6, 6.07) is 7.07. The van der Waals surface area contributed by atoms with Crippen molar-refractivity contribution in [3.8, 4) is 17.4 Å². The van der Waals surface area contributed by atoms with Gasteiger partial charge in [-0.25, -0.2) is 4.98 Å². The van der Waals surface area contributed by atoms with Crippen molar-refractivity contribution in [2.24, 2.45) is 0 Å². The summed E-state index contributed by atoms with van der Waals surface area (Å²) in [5, 5.41) is 2.59. The van der Waals surface area contributed by atoms with Crippen LogP contribution in [0.4, 0.5) is 5.82 Å². The Morgan fingerprint density at radius 2 is 1.94 bits per heavy atom. The summed E-state index contributed by atoms with van der Waals surface area (Å²) in [6.07, 6.45) is 1.45. The lowest BCUT2D eigenvalue weighted by atomic mass is 10.3. The Kier molecular flexibility index (Phi) is 3.47. The number of anilines is 1. The number of rotatable bonds is 4. The van der Waals surface area contributed by atoms with Gasteiger partial charge in [0.2, 0.25) is 5.91 Å². The van der Waals surface area contributed by atoms with E-state index in [0.717, 1.165) is 5.75 Å². The predicted octanol–water partition coefficient (Wildman–Crippen LogP) is 2.17. The molecule has 0 bridgehead atoms. The van der Waals surface area contributed by atoms with Crippen LogP contribution in [0.5, 0.6) is 17.4 Å². The van der Waals surface area contributed by atoms with E-state index in [9.17, 15) is 4.79 Å². The first-order valence-corrected chi connectivity index (χ1v) is 5.32. The van der Waals surface area contributed by atoms with Gasteiger partial charge in [-0.1, -0.05) is 0 Å². The average Bonchev–Trinajstić information content (AvgIpc) is 2.77. The maximum Gasteiger partial charge on any atom is 0.262 e. The van der Waals surface area contributed by atoms with Crippen molar-refractivity contribution >= 4 is 11.7 Å². The number of hydrogen-bond acceptors (Lipinski definition) is 4. The topological polar surface area (TPSA) is 76.2 Å². The lowest BCUT2D eigenvalue weighted by Crippen LogP contribution is -2.06. The van der Waals surface area contributed by atoms with Crippen LogP contribution in [0.15, 0.2) is 30.6 Å². The van der Waals surface area contributed by atoms with E-state index in [-0.39, 0.29) is 5.91 Å². The maximum absolute atomic E-state index is 11.0. The number of benzene rings is 1. The minimum absolute atomic E-state index is 0.196. The van der Waals surface area contributed by atoms with Crippen molar-refractivity contribution in [3.63, 3.8) is 0 Å². The fourth-order valence-corrected chi connectivity index (χ4v) is 1.38. The van der Waals surface area contributed by atoms with Gasteiger partial charge in [-0.15, -0.1) is 0 Å². The van der Waals surface area contributed by atoms with E-state index in [1.807, 2.05) is 0 Å². The Hall–Kier alpha value is -2.50. The number of H-pyrrole nitrogens is 1. The van der Waals surface area contributed by atoms with Gasteiger partial charge in [0.15, 0.2) is 5.82 Å². The summed E-state index contributed by atoms with van der Waals surface area (Å²) in [4.78, 5) is 17.7. The van der Waals surface area contributed by atoms with E-state index in [2.05, 4.69) is 15.3 Å². The molecule has 18 heavy (non-hydrogen) atoms. The van der Waals surface area contributed by atoms with Crippen LogP contribution in [0.3, 0.4) is 0 Å². The largest absolute Gasteiger partial charge is 0.497 e. The number of nitrogens with one attached hydrogen (secondary N) is 2. The van der Waals surface area contributed by atoms with Gasteiger partial charge in [-0.2, -0.15) is 0 Å². The number of aromatic amines is 1. The van der Waals surface area contributed by atoms with Crippen LogP contribution < -0.4 is 14.8 Å². The third-order valence-electron chi connectivity index (χ3n) is 2.18. The van der Waals surface area contributed by atoms with Gasteiger partial charge in [0.1, 0.15) is 11.5 Å². The van der Waals surface area contributed by atoms with Gasteiger partial charge in [0.05, 0.1) is 13.4 Å². The minimum atomic E-state index is -0.196. The molecule has 0 unspecified atom stereocenters. The molecule has 0 saturated heterocycles. The molecule has 1 amide bonds. The van der Waals surface area contributed by atoms with Crippen LogP contribution in [-0.2, 0) is 4.79 Å². The van der Waals surface area contributed by atoms with Crippen LogP contribution in [-0.4, -0.2) is 23.0 Å². The van der Waals surface area contributed by atoms with Gasteiger partial charge < -0.3 is 19.8 Å². The minimum Gasteiger partial charge on any atom is -0.497 e. The Morgan fingerprint density at radius 3 is 2.56 bits per heavy atom. The van der Waals surface area contributed by atoms with Crippen molar-refractivity contribution in [1.82, 2.24) is 9.97 Å². The van der Waals surface area contributed by atoms with Gasteiger partial charge in [-0.05, 0) is 24.3 Å². The second-order valence-electron chi connectivity index (χ2n) is 3.54. The highest BCUT2D eigenvalue weighted by molar-refractivity contribution is 5.88. The number of carbonyl (C=O) groups is 1. The molecule has 1 aromatic heterocycles. The SMILES string of the molecule is COc1ccc(Oc2nc[nH]c2NC(C)=O)cc1. The summed E-state index contributed by atoms with van der Waals surface area (Å²) in [5.41, 5.74) is 0. The first-order chi connectivity index (χ1) is 8.69. The van der Waals surface area contributed by atoms with E-state index < -0.39 is 0 Å². The molecule has 1 heterocycles. The third kappa shape index (κ3) is 2.79. The number of imidazole rings is 1. The van der Waals surface area contributed by atoms with Crippen molar-refractivity contribution in [1.29, 1.82) is 0 Å². The second-order valence-corrected chi connectivity index (χ2v) is 3.54. The summed E-state index contributed by atoms with van der Waals surface area (Å²) in [5.74, 6) is 1.90. The van der Waals surface area contributed by atoms with E-state index in [0.29, 0.717) is 17.4 Å². The highest BCUT2D eigenvalue weighted by Gasteiger charge is 2.09. The van der Waals surface area contributed by atoms with Crippen molar-refractivity contribution in [2.75, 3.05) is 12.4 Å². The predicted molar refractivity (Wildman–Crippen MR) is 66.0 cm³/mol. The van der Waals surface area contributed by atoms with E-state index in [4.69, 9.17) is 9.47 Å². The number of nitrogens with zero attached hydrogens (tertiary/aromatic N) is 1. The molecule has 2 rings (SSSR count). The van der Waals surface area contributed by atoms with Crippen LogP contribution >= 0.6 is 0 Å². The lowest BCUT2D eigenvalue weighted by Gasteiger charge is -2.06. The Labute approximate surface area is 104 Å². The highest BCUT2D eigenvalue weighted by atomic mass is 16.5. The Bertz CT molecular complexity index is 534. The molecular weight excluding hydrogens is 234 g/mol. The molecule has 0 fully saturated rings. The monoisotopic (exact) mass is 247 g/mol. The Morgan fingerprint density at radius 1 is 1.28 bits per heavy atom. The highest BCUT2D eigenvalue weighted by Crippen LogP contribution is 2.26. The third-order valence-corrected chi connectivity index (χ3v) is 2.18. The fourth-order valence-electron chi connectivity index (χ4n) is 1.38. The molecule has 0 radical (unpaired) electrons. The molecule has 0 aliphatic heterocycles. The smallest absolute Gasteiger partial charge is 0.262 e. The van der Waals surface area contributed by atoms with Gasteiger partial charge in [0.25, 0.3) is 5.88 Å². The van der Waals surface area contributed by atoms with E-state index in [1.54, 1.807) is 31.4 Å². The molecule has 0 spiro atoms. The molecule has 6 nitrogen and oxygen atoms in total. The lowest BCUT2D eigenvalue weighted by molar-refractivity contribution is -0.114. The molecule has 0 aliphatic carbocycles. The van der Waals surface area contributed by atoms with Gasteiger partial charge in [-0.3, -0.25) is 4.79 Å². The van der Waals surface area contributed by atoms with Crippen molar-refractivity contribution in [2.45, 2.75) is 6.92 Å². The van der Waals surface area contributed by atoms with E-state index in [1.165, 1.54) is 13.3 Å². The van der Waals surface area contributed by atoms with E-state index >= 15 is 0 Å². The Balaban J connectivity index is 2.12. The standard InChI is InChI=1S/C12H13N3O3/c1-8(16)15-11-12(14-7-13-11)18-10-5-3-9(17-2)4-6-10/h3-7H,1-2H3,(H,13,14)(H,15,16). The number of hydrogen-bond donors (Lipinski definition) is 2. The number of methoxy groups -OCH3 is 1. The van der Waals surface area contributed by atoms with Gasteiger partial charge in [0, 0.05) is 6.92 Å². The summed E-state index contributed by atoms with van der Waals surface area (Å²) >= 11 is 0. The maximum atomic E-state index is 11.0. The number of aromatic nitrogens is 2. The summed E-state index contributed by atoms with van der Waals surface area (Å²) < 4.78 is 10.6. The molecule has 1 aromatic carbocycles. The molecule has 0 saturated carbocycles. The zero-order valence-corrected chi connectivity index (χ0v) is 10.1. The molecular formula is C12H13N3O3. The molecule has 6 heteroatoms. The van der Waals surface area contributed by atoms with Crippen molar-refractivity contribution in [3.05, 3.63) is 30.6 Å².